The summed E-state index contributed by atoms with van der Waals surface area (Å²) in [7, 11) is 2.94. The largest absolute Gasteiger partial charge is 0.147 e. The Morgan fingerprint density at radius 3 is 1.90 bits per heavy atom. The number of rotatable bonds is 5. The van der Waals surface area contributed by atoms with E-state index in [2.05, 4.69) is 66.4 Å². The number of benzene rings is 2. The first-order valence-corrected chi connectivity index (χ1v) is 8.24. The van der Waals surface area contributed by atoms with Gasteiger partial charge in [0.1, 0.15) is 0 Å². The van der Waals surface area contributed by atoms with Crippen LogP contribution in [-0.4, -0.2) is 0 Å². The highest BCUT2D eigenvalue weighted by atomic mass is 35.5. The molecule has 0 aromatic heterocycles. The molecule has 2 aromatic carbocycles. The van der Waals surface area contributed by atoms with Crippen LogP contribution >= 0.6 is 21.6 Å². The van der Waals surface area contributed by atoms with Gasteiger partial charge in [-0.05, 0) is 58.8 Å². The maximum atomic E-state index is 2.94. The van der Waals surface area contributed by atoms with E-state index in [4.69, 9.17) is 0 Å². The second kappa shape index (κ2) is 8.57. The van der Waals surface area contributed by atoms with Crippen LogP contribution in [0.3, 0.4) is 0 Å². The molecule has 2 heteroatoms. The van der Waals surface area contributed by atoms with Gasteiger partial charge < -0.3 is 0 Å². The minimum Gasteiger partial charge on any atom is -0.147 e. The third kappa shape index (κ3) is 4.09. The summed E-state index contributed by atoms with van der Waals surface area (Å²) in [6.45, 7) is 6.83. The smallest absolute Gasteiger partial charge is 0.00227 e. The molecule has 0 aliphatic carbocycles. The summed E-state index contributed by atoms with van der Waals surface area (Å²) in [5.74, 6) is 0. The van der Waals surface area contributed by atoms with Crippen molar-refractivity contribution in [1.82, 2.24) is 0 Å². The van der Waals surface area contributed by atoms with Gasteiger partial charge in [0.15, 0.2) is 0 Å². The second-order valence-electron chi connectivity index (χ2n) is 5.28. The first kappa shape index (κ1) is 18.2. The van der Waals surface area contributed by atoms with E-state index in [1.807, 2.05) is 0 Å². The molecule has 1 atom stereocenters. The van der Waals surface area contributed by atoms with Crippen molar-refractivity contribution in [1.29, 1.82) is 0 Å². The fourth-order valence-electron chi connectivity index (χ4n) is 3.17. The minimum atomic E-state index is 0. The van der Waals surface area contributed by atoms with Crippen molar-refractivity contribution in [3.63, 3.8) is 0 Å². The summed E-state index contributed by atoms with van der Waals surface area (Å²) < 4.78 is 0. The lowest BCUT2D eigenvalue weighted by Crippen LogP contribution is -2.12. The molecule has 0 amide bonds. The lowest BCUT2D eigenvalue weighted by atomic mass is 9.88. The summed E-state index contributed by atoms with van der Waals surface area (Å²) in [6.07, 6.45) is 4.43. The van der Waals surface area contributed by atoms with Crippen molar-refractivity contribution in [3.8, 4) is 0 Å². The average Bonchev–Trinajstić information content (AvgIpc) is 2.47. The topological polar surface area (TPSA) is 0 Å². The highest BCUT2D eigenvalue weighted by Crippen LogP contribution is 2.24. The van der Waals surface area contributed by atoms with E-state index >= 15 is 0 Å². The Labute approximate surface area is 138 Å². The van der Waals surface area contributed by atoms with Gasteiger partial charge in [0.05, 0.1) is 0 Å². The monoisotopic (exact) mass is 320 g/mol. The van der Waals surface area contributed by atoms with Gasteiger partial charge in [0.25, 0.3) is 0 Å². The highest BCUT2D eigenvalue weighted by Gasteiger charge is 2.13. The van der Waals surface area contributed by atoms with Gasteiger partial charge in [-0.3, -0.25) is 0 Å². The van der Waals surface area contributed by atoms with Crippen molar-refractivity contribution in [2.75, 3.05) is 0 Å². The van der Waals surface area contributed by atoms with Gasteiger partial charge in [-0.15, -0.1) is 21.6 Å². The molecule has 21 heavy (non-hydrogen) atoms. The Bertz CT molecular complexity index is 576. The molecule has 2 rings (SSSR count). The van der Waals surface area contributed by atoms with Crippen molar-refractivity contribution in [2.24, 2.45) is 0 Å². The average molecular weight is 321 g/mol. The van der Waals surface area contributed by atoms with Crippen LogP contribution < -0.4 is 5.30 Å². The molecule has 0 fully saturated rings. The molecule has 0 aliphatic heterocycles. The molecule has 1 unspecified atom stereocenters. The van der Waals surface area contributed by atoms with Crippen molar-refractivity contribution < 1.29 is 0 Å². The molecular formula is C19H26ClP. The summed E-state index contributed by atoms with van der Waals surface area (Å²) in [6, 6.07) is 13.2. The zero-order valence-corrected chi connectivity index (χ0v) is 15.2. The van der Waals surface area contributed by atoms with Gasteiger partial charge in [-0.2, -0.15) is 0 Å². The molecule has 2 aromatic rings. The molecule has 0 heterocycles. The molecule has 0 N–H and O–H groups in total. The summed E-state index contributed by atoms with van der Waals surface area (Å²) >= 11 is 0. The van der Waals surface area contributed by atoms with Crippen LogP contribution in [0.1, 0.15) is 48.6 Å². The first-order valence-electron chi connectivity index (χ1n) is 7.67. The minimum absolute atomic E-state index is 0. The summed E-state index contributed by atoms with van der Waals surface area (Å²) in [4.78, 5) is 0. The molecule has 0 radical (unpaired) electrons. The van der Waals surface area contributed by atoms with Gasteiger partial charge in [-0.25, -0.2) is 0 Å². The molecular weight excluding hydrogens is 295 g/mol. The summed E-state index contributed by atoms with van der Waals surface area (Å²) in [5.41, 5.74) is 7.58. The molecule has 114 valence electrons. The third-order valence-electron chi connectivity index (χ3n) is 4.09. The summed E-state index contributed by atoms with van der Waals surface area (Å²) in [5, 5.41) is 1.38. The van der Waals surface area contributed by atoms with E-state index in [-0.39, 0.29) is 12.4 Å². The van der Waals surface area contributed by atoms with E-state index in [1.54, 1.807) is 11.1 Å². The van der Waals surface area contributed by atoms with Crippen LogP contribution in [-0.2, 0) is 25.7 Å². The first-order chi connectivity index (χ1) is 9.71. The molecule has 0 nitrogen and oxygen atoms in total. The number of hydrogen-bond acceptors (Lipinski definition) is 0. The maximum absolute atomic E-state index is 2.94. The predicted octanol–water partition coefficient (Wildman–Crippen LogP) is 4.89. The standard InChI is InChI=1S/C19H25P.ClH/c1-4-16-15(12-14-10-8-7-9-11-14)13-19(20)18(6-3)17(16)5-2;/h7-11,13H,4-6,12,20H2,1-3H3;1H. The van der Waals surface area contributed by atoms with E-state index in [0.717, 1.165) is 25.7 Å². The Morgan fingerprint density at radius 1 is 0.810 bits per heavy atom. The van der Waals surface area contributed by atoms with Gasteiger partial charge in [0.2, 0.25) is 0 Å². The van der Waals surface area contributed by atoms with Crippen LogP contribution in [0.25, 0.3) is 0 Å². The fourth-order valence-corrected chi connectivity index (χ4v) is 3.75. The number of hydrogen-bond donors (Lipinski definition) is 0. The van der Waals surface area contributed by atoms with Crippen LogP contribution in [0.2, 0.25) is 0 Å². The second-order valence-corrected chi connectivity index (χ2v) is 5.91. The number of halogens is 1. The molecule has 0 aliphatic rings. The van der Waals surface area contributed by atoms with Crippen LogP contribution in [0.5, 0.6) is 0 Å². The van der Waals surface area contributed by atoms with E-state index in [9.17, 15) is 0 Å². The Hall–Kier alpha value is -0.840. The van der Waals surface area contributed by atoms with Gasteiger partial charge >= 0.3 is 0 Å². The SMILES string of the molecule is CCc1c(P)cc(Cc2ccccc2)c(CC)c1CC.Cl. The molecule has 0 spiro atoms. The lowest BCUT2D eigenvalue weighted by Gasteiger charge is -2.19. The van der Waals surface area contributed by atoms with Crippen LogP contribution in [0, 0.1) is 0 Å². The molecule has 0 saturated heterocycles. The molecule has 0 bridgehead atoms. The Balaban J connectivity index is 0.00000220. The van der Waals surface area contributed by atoms with Crippen molar-refractivity contribution in [3.05, 3.63) is 64.2 Å². The third-order valence-corrected chi connectivity index (χ3v) is 4.61. The van der Waals surface area contributed by atoms with Gasteiger partial charge in [-0.1, -0.05) is 57.2 Å². The zero-order chi connectivity index (χ0) is 14.5. The normalized spacial score (nSPS) is 10.3. The highest BCUT2D eigenvalue weighted by molar-refractivity contribution is 7.27. The Morgan fingerprint density at radius 2 is 1.38 bits per heavy atom. The Kier molecular flexibility index (Phi) is 7.43. The van der Waals surface area contributed by atoms with E-state index < -0.39 is 0 Å². The quantitative estimate of drug-likeness (QED) is 0.688. The maximum Gasteiger partial charge on any atom is -0.00227 e. The van der Waals surface area contributed by atoms with Crippen LogP contribution in [0.15, 0.2) is 36.4 Å². The zero-order valence-electron chi connectivity index (χ0n) is 13.3. The molecule has 0 saturated carbocycles. The van der Waals surface area contributed by atoms with E-state index in [0.29, 0.717) is 0 Å². The predicted molar refractivity (Wildman–Crippen MR) is 100 cm³/mol. The van der Waals surface area contributed by atoms with Crippen molar-refractivity contribution >= 4 is 27.0 Å². The van der Waals surface area contributed by atoms with Crippen LogP contribution in [0.4, 0.5) is 0 Å². The fraction of sp³-hybridized carbons (Fsp3) is 0.368. The van der Waals surface area contributed by atoms with Gasteiger partial charge in [0, 0.05) is 0 Å². The lowest BCUT2D eigenvalue weighted by molar-refractivity contribution is 0.960. The van der Waals surface area contributed by atoms with Crippen molar-refractivity contribution in [2.45, 2.75) is 46.5 Å². The van der Waals surface area contributed by atoms with E-state index in [1.165, 1.54) is 22.0 Å².